The molecule has 0 radical (unpaired) electrons. The van der Waals surface area contributed by atoms with Crippen LogP contribution < -0.4 is 4.74 Å². The summed E-state index contributed by atoms with van der Waals surface area (Å²) in [6.45, 7) is 14.0. The first-order valence-corrected chi connectivity index (χ1v) is 15.8. The highest BCUT2D eigenvalue weighted by Crippen LogP contribution is 2.36. The number of benzene rings is 2. The monoisotopic (exact) mass is 530 g/mol. The standard InChI is InChI=1S/C29H39ClO5Si/c1-21(31)33-20-26-8-7-9-28(35-26)23-12-15-27(30)24(19-23)18-22-10-13-25(14-11-22)32-16-17-34-36(5,6)29(2,3)4/h7-8,10-15,19,26,28H,9,16-18,20H2,1-6H3. The summed E-state index contributed by atoms with van der Waals surface area (Å²) in [6, 6.07) is 14.2. The van der Waals surface area contributed by atoms with Crippen LogP contribution in [-0.4, -0.2) is 40.2 Å². The van der Waals surface area contributed by atoms with Crippen molar-refractivity contribution in [1.29, 1.82) is 0 Å². The van der Waals surface area contributed by atoms with E-state index in [0.29, 0.717) is 19.6 Å². The Hall–Kier alpha value is -2.12. The minimum absolute atomic E-state index is 0.101. The molecule has 1 aliphatic heterocycles. The molecule has 1 aliphatic rings. The van der Waals surface area contributed by atoms with Crippen molar-refractivity contribution >= 4 is 25.9 Å². The number of ether oxygens (including phenoxy) is 3. The van der Waals surface area contributed by atoms with E-state index in [1.807, 2.05) is 30.3 Å². The van der Waals surface area contributed by atoms with E-state index in [4.69, 9.17) is 30.2 Å². The summed E-state index contributed by atoms with van der Waals surface area (Å²) in [5.41, 5.74) is 3.25. The maximum absolute atomic E-state index is 11.1. The fraction of sp³-hybridized carbons (Fsp3) is 0.483. The topological polar surface area (TPSA) is 54.0 Å². The van der Waals surface area contributed by atoms with Crippen LogP contribution in [0.3, 0.4) is 0 Å². The van der Waals surface area contributed by atoms with Crippen LogP contribution in [0.15, 0.2) is 54.6 Å². The van der Waals surface area contributed by atoms with Crippen LogP contribution in [0.25, 0.3) is 0 Å². The van der Waals surface area contributed by atoms with E-state index in [0.717, 1.165) is 33.9 Å². The van der Waals surface area contributed by atoms with Crippen molar-refractivity contribution in [2.45, 2.75) is 70.9 Å². The van der Waals surface area contributed by atoms with E-state index in [1.54, 1.807) is 0 Å². The molecule has 0 aromatic heterocycles. The second kappa shape index (κ2) is 12.4. The Morgan fingerprint density at radius 2 is 1.83 bits per heavy atom. The van der Waals surface area contributed by atoms with Crippen LogP contribution in [-0.2, 0) is 25.1 Å². The fourth-order valence-corrected chi connectivity index (χ4v) is 4.91. The summed E-state index contributed by atoms with van der Waals surface area (Å²) in [6.07, 6.45) is 5.15. The van der Waals surface area contributed by atoms with Crippen LogP contribution in [0.4, 0.5) is 0 Å². The second-order valence-corrected chi connectivity index (χ2v) is 16.0. The lowest BCUT2D eigenvalue weighted by Crippen LogP contribution is -2.41. The highest BCUT2D eigenvalue weighted by Gasteiger charge is 2.36. The highest BCUT2D eigenvalue weighted by atomic mass is 35.5. The first-order chi connectivity index (χ1) is 16.9. The normalized spacial score (nSPS) is 18.2. The van der Waals surface area contributed by atoms with E-state index in [9.17, 15) is 4.79 Å². The lowest BCUT2D eigenvalue weighted by molar-refractivity contribution is -0.145. The highest BCUT2D eigenvalue weighted by molar-refractivity contribution is 6.74. The molecule has 0 saturated carbocycles. The SMILES string of the molecule is CC(=O)OCC1C=CCC(c2ccc(Cl)c(Cc3ccc(OCCO[Si](C)(C)C(C)(C)C)cc3)c2)O1. The van der Waals surface area contributed by atoms with Crippen molar-refractivity contribution < 1.29 is 23.4 Å². The van der Waals surface area contributed by atoms with Crippen molar-refractivity contribution in [3.63, 3.8) is 0 Å². The summed E-state index contributed by atoms with van der Waals surface area (Å²) in [7, 11) is -1.76. The van der Waals surface area contributed by atoms with E-state index in [1.165, 1.54) is 6.92 Å². The maximum atomic E-state index is 11.1. The molecule has 0 N–H and O–H groups in total. The van der Waals surface area contributed by atoms with Crippen molar-refractivity contribution in [2.75, 3.05) is 19.8 Å². The Labute approximate surface area is 221 Å². The van der Waals surface area contributed by atoms with E-state index < -0.39 is 8.32 Å². The van der Waals surface area contributed by atoms with Gasteiger partial charge in [-0.3, -0.25) is 4.79 Å². The van der Waals surface area contributed by atoms with Gasteiger partial charge in [0.05, 0.1) is 12.7 Å². The van der Waals surface area contributed by atoms with Crippen LogP contribution >= 0.6 is 11.6 Å². The number of rotatable bonds is 10. The van der Waals surface area contributed by atoms with Gasteiger partial charge in [-0.25, -0.2) is 0 Å². The average molecular weight is 531 g/mol. The zero-order chi connectivity index (χ0) is 26.3. The number of hydrogen-bond donors (Lipinski definition) is 0. The lowest BCUT2D eigenvalue weighted by atomic mass is 9.98. The molecule has 2 atom stereocenters. The molecular weight excluding hydrogens is 492 g/mol. The van der Waals surface area contributed by atoms with Gasteiger partial charge >= 0.3 is 5.97 Å². The third-order valence-corrected chi connectivity index (χ3v) is 11.8. The quantitative estimate of drug-likeness (QED) is 0.140. The second-order valence-electron chi connectivity index (χ2n) is 10.8. The Bertz CT molecular complexity index is 1040. The molecule has 0 fully saturated rings. The minimum atomic E-state index is -1.76. The molecule has 3 rings (SSSR count). The molecule has 1 heterocycles. The van der Waals surface area contributed by atoms with E-state index >= 15 is 0 Å². The minimum Gasteiger partial charge on any atom is -0.491 e. The Balaban J connectivity index is 1.55. The zero-order valence-corrected chi connectivity index (χ0v) is 24.1. The molecule has 0 spiro atoms. The number of carbonyl (C=O) groups excluding carboxylic acids is 1. The van der Waals surface area contributed by atoms with Crippen LogP contribution in [0.5, 0.6) is 5.75 Å². The van der Waals surface area contributed by atoms with Crippen molar-refractivity contribution in [3.8, 4) is 5.75 Å². The maximum Gasteiger partial charge on any atom is 0.302 e. The molecule has 0 aliphatic carbocycles. The predicted molar refractivity (Wildman–Crippen MR) is 147 cm³/mol. The van der Waals surface area contributed by atoms with E-state index in [2.05, 4.69) is 58.1 Å². The molecule has 2 aromatic rings. The Kier molecular flexibility index (Phi) is 9.81. The van der Waals surface area contributed by atoms with Gasteiger partial charge in [0.15, 0.2) is 8.32 Å². The first-order valence-electron chi connectivity index (χ1n) is 12.5. The third-order valence-electron chi connectivity index (χ3n) is 6.87. The van der Waals surface area contributed by atoms with Gasteiger partial charge in [-0.15, -0.1) is 0 Å². The third kappa shape index (κ3) is 8.20. The molecule has 0 saturated heterocycles. The van der Waals surface area contributed by atoms with E-state index in [-0.39, 0.29) is 29.8 Å². The zero-order valence-electron chi connectivity index (χ0n) is 22.3. The van der Waals surface area contributed by atoms with Crippen molar-refractivity contribution in [1.82, 2.24) is 0 Å². The Morgan fingerprint density at radius 1 is 1.11 bits per heavy atom. The molecular formula is C29H39ClO5Si. The molecule has 7 heteroatoms. The van der Waals surface area contributed by atoms with Crippen molar-refractivity contribution in [3.05, 3.63) is 76.3 Å². The smallest absolute Gasteiger partial charge is 0.302 e. The van der Waals surface area contributed by atoms with Crippen LogP contribution in [0, 0.1) is 0 Å². The summed E-state index contributed by atoms with van der Waals surface area (Å²) in [5, 5.41) is 0.920. The van der Waals surface area contributed by atoms with Gasteiger partial charge in [-0.2, -0.15) is 0 Å². The number of halogens is 1. The fourth-order valence-electron chi connectivity index (χ4n) is 3.70. The van der Waals surface area contributed by atoms with Gasteiger partial charge in [0, 0.05) is 11.9 Å². The average Bonchev–Trinajstić information content (AvgIpc) is 2.82. The summed E-state index contributed by atoms with van der Waals surface area (Å²) in [4.78, 5) is 11.1. The number of carbonyl (C=O) groups is 1. The number of hydrogen-bond acceptors (Lipinski definition) is 5. The summed E-state index contributed by atoms with van der Waals surface area (Å²) >= 11 is 6.54. The first kappa shape index (κ1) is 28.4. The molecule has 2 unspecified atom stereocenters. The van der Waals surface area contributed by atoms with Gasteiger partial charge in [0.25, 0.3) is 0 Å². The summed E-state index contributed by atoms with van der Waals surface area (Å²) < 4.78 is 23.3. The summed E-state index contributed by atoms with van der Waals surface area (Å²) in [5.74, 6) is 0.525. The van der Waals surface area contributed by atoms with Gasteiger partial charge < -0.3 is 18.6 Å². The van der Waals surface area contributed by atoms with Crippen molar-refractivity contribution in [2.24, 2.45) is 0 Å². The molecule has 0 bridgehead atoms. The van der Waals surface area contributed by atoms with Gasteiger partial charge in [-0.05, 0) is 65.9 Å². The molecule has 2 aromatic carbocycles. The Morgan fingerprint density at radius 3 is 2.50 bits per heavy atom. The molecule has 0 amide bonds. The molecule has 5 nitrogen and oxygen atoms in total. The molecule has 196 valence electrons. The van der Waals surface area contributed by atoms with Gasteiger partial charge in [0.1, 0.15) is 25.1 Å². The van der Waals surface area contributed by atoms with Crippen LogP contribution in [0.1, 0.15) is 56.9 Å². The lowest BCUT2D eigenvalue weighted by Gasteiger charge is -2.36. The molecule has 36 heavy (non-hydrogen) atoms. The number of esters is 1. The van der Waals surface area contributed by atoms with Crippen LogP contribution in [0.2, 0.25) is 23.2 Å². The van der Waals surface area contributed by atoms with Gasteiger partial charge in [-0.1, -0.05) is 68.8 Å². The largest absolute Gasteiger partial charge is 0.491 e. The van der Waals surface area contributed by atoms with Gasteiger partial charge in [0.2, 0.25) is 0 Å². The predicted octanol–water partition coefficient (Wildman–Crippen LogP) is 7.28.